The Kier molecular flexibility index (Phi) is 3.41. The Morgan fingerprint density at radius 3 is 2.95 bits per heavy atom. The van der Waals surface area contributed by atoms with Gasteiger partial charge in [-0.15, -0.1) is 0 Å². The van der Waals surface area contributed by atoms with Gasteiger partial charge in [0.1, 0.15) is 0 Å². The Labute approximate surface area is 124 Å². The quantitative estimate of drug-likeness (QED) is 0.690. The molecule has 0 spiro atoms. The van der Waals surface area contributed by atoms with Crippen LogP contribution in [-0.4, -0.2) is 21.2 Å². The molecule has 2 aromatic heterocycles. The number of benzene rings is 1. The topological polar surface area (TPSA) is 101 Å². The largest absolute Gasteiger partial charge is 0.465 e. The average molecular weight is 300 g/mol. The third-order valence-corrected chi connectivity index (χ3v) is 3.82. The van der Waals surface area contributed by atoms with E-state index in [9.17, 15) is 4.79 Å². The van der Waals surface area contributed by atoms with Crippen LogP contribution in [0.2, 0.25) is 0 Å². The second-order valence-corrected chi connectivity index (χ2v) is 5.54. The van der Waals surface area contributed by atoms with E-state index in [0.29, 0.717) is 5.13 Å². The number of aromatic nitrogens is 2. The maximum Gasteiger partial charge on any atom is 0.404 e. The van der Waals surface area contributed by atoms with Gasteiger partial charge in [-0.1, -0.05) is 17.4 Å². The van der Waals surface area contributed by atoms with E-state index >= 15 is 0 Å². The van der Waals surface area contributed by atoms with E-state index in [1.54, 1.807) is 12.4 Å². The first kappa shape index (κ1) is 13.3. The molecule has 0 unspecified atom stereocenters. The van der Waals surface area contributed by atoms with Gasteiger partial charge in [0.2, 0.25) is 0 Å². The number of hydrogen-bond acceptors (Lipinski definition) is 5. The Bertz CT molecular complexity index is 816. The lowest BCUT2D eigenvalue weighted by molar-refractivity contribution is 0.194. The molecule has 0 aliphatic heterocycles. The number of nitrogen functional groups attached to an aromatic ring is 1. The van der Waals surface area contributed by atoms with Crippen molar-refractivity contribution in [2.45, 2.75) is 6.54 Å². The lowest BCUT2D eigenvalue weighted by Crippen LogP contribution is -2.19. The van der Waals surface area contributed by atoms with E-state index < -0.39 is 6.09 Å². The highest BCUT2D eigenvalue weighted by molar-refractivity contribution is 7.22. The summed E-state index contributed by atoms with van der Waals surface area (Å²) >= 11 is 1.44. The molecule has 0 atom stereocenters. The van der Waals surface area contributed by atoms with Crippen LogP contribution in [0.25, 0.3) is 21.3 Å². The van der Waals surface area contributed by atoms with Crippen LogP contribution in [0.15, 0.2) is 36.7 Å². The normalized spacial score (nSPS) is 10.7. The van der Waals surface area contributed by atoms with Gasteiger partial charge in [-0.25, -0.2) is 9.78 Å². The van der Waals surface area contributed by atoms with Crippen molar-refractivity contribution in [3.8, 4) is 11.1 Å². The number of carboxylic acid groups (broad SMARTS) is 1. The molecule has 0 fully saturated rings. The number of hydrogen-bond donors (Lipinski definition) is 3. The Hall–Kier alpha value is -2.67. The number of rotatable bonds is 3. The van der Waals surface area contributed by atoms with Crippen LogP contribution in [0.1, 0.15) is 5.56 Å². The zero-order valence-electron chi connectivity index (χ0n) is 10.9. The predicted octanol–water partition coefficient (Wildman–Crippen LogP) is 2.71. The van der Waals surface area contributed by atoms with Crippen LogP contribution in [-0.2, 0) is 6.54 Å². The van der Waals surface area contributed by atoms with Gasteiger partial charge in [0.25, 0.3) is 0 Å². The molecule has 3 rings (SSSR count). The fourth-order valence-electron chi connectivity index (χ4n) is 2.04. The zero-order valence-corrected chi connectivity index (χ0v) is 11.7. The summed E-state index contributed by atoms with van der Waals surface area (Å²) in [5, 5.41) is 11.5. The van der Waals surface area contributed by atoms with Crippen LogP contribution in [0.3, 0.4) is 0 Å². The molecule has 0 saturated carbocycles. The van der Waals surface area contributed by atoms with Gasteiger partial charge < -0.3 is 16.2 Å². The van der Waals surface area contributed by atoms with Crippen molar-refractivity contribution in [2.75, 3.05) is 5.73 Å². The molecule has 0 saturated heterocycles. The number of carbonyl (C=O) groups is 1. The van der Waals surface area contributed by atoms with Crippen molar-refractivity contribution in [2.24, 2.45) is 0 Å². The lowest BCUT2D eigenvalue weighted by atomic mass is 10.1. The maximum atomic E-state index is 10.5. The van der Waals surface area contributed by atoms with E-state index in [1.165, 1.54) is 11.3 Å². The highest BCUT2D eigenvalue weighted by Gasteiger charge is 2.05. The summed E-state index contributed by atoms with van der Waals surface area (Å²) in [6.07, 6.45) is 2.33. The minimum Gasteiger partial charge on any atom is -0.465 e. The summed E-state index contributed by atoms with van der Waals surface area (Å²) < 4.78 is 1.01. The number of nitrogens with zero attached hydrogens (tertiary/aromatic N) is 2. The number of amides is 1. The molecule has 1 aromatic carbocycles. The summed E-state index contributed by atoms with van der Waals surface area (Å²) in [7, 11) is 0. The van der Waals surface area contributed by atoms with Crippen LogP contribution in [0, 0.1) is 0 Å². The molecular formula is C14H12N4O2S. The maximum absolute atomic E-state index is 10.5. The molecule has 7 heteroatoms. The smallest absolute Gasteiger partial charge is 0.404 e. The highest BCUT2D eigenvalue weighted by Crippen LogP contribution is 2.29. The Morgan fingerprint density at radius 2 is 2.14 bits per heavy atom. The van der Waals surface area contributed by atoms with E-state index in [1.807, 2.05) is 24.3 Å². The molecule has 0 radical (unpaired) electrons. The number of anilines is 1. The zero-order chi connectivity index (χ0) is 14.8. The molecule has 0 bridgehead atoms. The number of nitrogens with two attached hydrogens (primary N) is 1. The van der Waals surface area contributed by atoms with Crippen molar-refractivity contribution >= 4 is 32.8 Å². The van der Waals surface area contributed by atoms with Crippen molar-refractivity contribution in [3.05, 3.63) is 42.2 Å². The summed E-state index contributed by atoms with van der Waals surface area (Å²) in [5.74, 6) is 0. The molecule has 1 amide bonds. The lowest BCUT2D eigenvalue weighted by Gasteiger charge is -2.05. The number of thiazole rings is 1. The monoisotopic (exact) mass is 300 g/mol. The molecule has 21 heavy (non-hydrogen) atoms. The summed E-state index contributed by atoms with van der Waals surface area (Å²) in [6.45, 7) is 0.228. The van der Waals surface area contributed by atoms with Crippen molar-refractivity contribution in [1.82, 2.24) is 15.3 Å². The molecule has 3 aromatic rings. The number of nitrogens with one attached hydrogen (secondary N) is 1. The number of fused-ring (bicyclic) bond motifs is 1. The minimum absolute atomic E-state index is 0.228. The van der Waals surface area contributed by atoms with Crippen molar-refractivity contribution in [3.63, 3.8) is 0 Å². The van der Waals surface area contributed by atoms with E-state index in [4.69, 9.17) is 10.8 Å². The van der Waals surface area contributed by atoms with Crippen LogP contribution >= 0.6 is 11.3 Å². The van der Waals surface area contributed by atoms with Crippen molar-refractivity contribution in [1.29, 1.82) is 0 Å². The first-order valence-corrected chi connectivity index (χ1v) is 7.00. The van der Waals surface area contributed by atoms with E-state index in [2.05, 4.69) is 15.3 Å². The average Bonchev–Trinajstić information content (AvgIpc) is 2.84. The van der Waals surface area contributed by atoms with Gasteiger partial charge in [0.05, 0.1) is 10.2 Å². The summed E-state index contributed by atoms with van der Waals surface area (Å²) in [4.78, 5) is 18.9. The van der Waals surface area contributed by atoms with Gasteiger partial charge in [0, 0.05) is 24.5 Å². The first-order valence-electron chi connectivity index (χ1n) is 6.19. The molecule has 2 heterocycles. The van der Waals surface area contributed by atoms with Gasteiger partial charge in [-0.3, -0.25) is 4.98 Å². The van der Waals surface area contributed by atoms with Crippen LogP contribution < -0.4 is 11.1 Å². The molecular weight excluding hydrogens is 288 g/mol. The third-order valence-electron chi connectivity index (χ3n) is 2.98. The second kappa shape index (κ2) is 5.37. The summed E-state index contributed by atoms with van der Waals surface area (Å²) in [5.41, 5.74) is 9.30. The second-order valence-electron chi connectivity index (χ2n) is 4.48. The molecule has 106 valence electrons. The molecule has 6 nitrogen and oxygen atoms in total. The Morgan fingerprint density at radius 1 is 1.29 bits per heavy atom. The Balaban J connectivity index is 1.93. The minimum atomic E-state index is -1.05. The first-order chi connectivity index (χ1) is 10.1. The summed E-state index contributed by atoms with van der Waals surface area (Å²) in [6, 6.07) is 7.79. The van der Waals surface area contributed by atoms with Gasteiger partial charge in [0.15, 0.2) is 5.13 Å². The van der Waals surface area contributed by atoms with E-state index in [-0.39, 0.29) is 6.54 Å². The van der Waals surface area contributed by atoms with Crippen LogP contribution in [0.5, 0.6) is 0 Å². The van der Waals surface area contributed by atoms with Gasteiger partial charge in [-0.2, -0.15) is 0 Å². The molecule has 0 aliphatic rings. The standard InChI is InChI=1S/C14H12N4O2S/c15-13-18-11-2-1-9(4-12(11)21-13)10-3-8(5-16-7-10)6-17-14(19)20/h1-5,7,17H,6H2,(H2,15,18)(H,19,20). The SMILES string of the molecule is Nc1nc2ccc(-c3cncc(CNC(=O)O)c3)cc2s1. The molecule has 0 aliphatic carbocycles. The predicted molar refractivity (Wildman–Crippen MR) is 82.1 cm³/mol. The van der Waals surface area contributed by atoms with E-state index in [0.717, 1.165) is 26.9 Å². The fourth-order valence-corrected chi connectivity index (χ4v) is 2.82. The van der Waals surface area contributed by atoms with Gasteiger partial charge >= 0.3 is 6.09 Å². The fraction of sp³-hybridized carbons (Fsp3) is 0.0714. The van der Waals surface area contributed by atoms with Gasteiger partial charge in [-0.05, 0) is 29.3 Å². The van der Waals surface area contributed by atoms with Crippen molar-refractivity contribution < 1.29 is 9.90 Å². The highest BCUT2D eigenvalue weighted by atomic mass is 32.1. The van der Waals surface area contributed by atoms with Crippen LogP contribution in [0.4, 0.5) is 9.93 Å². The number of pyridine rings is 1. The molecule has 4 N–H and O–H groups in total. The third kappa shape index (κ3) is 2.92.